The maximum absolute atomic E-state index is 12.9. The van der Waals surface area contributed by atoms with Gasteiger partial charge in [-0.3, -0.25) is 4.98 Å². The van der Waals surface area contributed by atoms with Gasteiger partial charge in [0.05, 0.1) is 11.2 Å². The molecule has 5 heteroatoms. The molecular weight excluding hydrogens is 387 g/mol. The van der Waals surface area contributed by atoms with Gasteiger partial charge in [-0.05, 0) is 81.2 Å². The first-order valence-corrected chi connectivity index (χ1v) is 10.9. The molecule has 2 nitrogen and oxygen atoms in total. The zero-order valence-corrected chi connectivity index (χ0v) is 17.3. The van der Waals surface area contributed by atoms with Crippen molar-refractivity contribution in [3.63, 3.8) is 0 Å². The van der Waals surface area contributed by atoms with Gasteiger partial charge >= 0.3 is 6.18 Å². The molecule has 0 N–H and O–H groups in total. The van der Waals surface area contributed by atoms with Crippen LogP contribution in [0.15, 0.2) is 48.7 Å². The first kappa shape index (κ1) is 21.4. The van der Waals surface area contributed by atoms with E-state index in [1.165, 1.54) is 12.8 Å². The number of nitrogens with zero attached hydrogens (tertiary/aromatic N) is 1. The van der Waals surface area contributed by atoms with E-state index in [1.54, 1.807) is 12.1 Å². The van der Waals surface area contributed by atoms with Gasteiger partial charge in [0.1, 0.15) is 0 Å². The van der Waals surface area contributed by atoms with Crippen molar-refractivity contribution < 1.29 is 17.9 Å². The summed E-state index contributed by atoms with van der Waals surface area (Å²) >= 11 is 0. The zero-order valence-electron chi connectivity index (χ0n) is 17.3. The molecule has 1 aliphatic heterocycles. The second kappa shape index (κ2) is 8.33. The average molecular weight is 417 g/mol. The van der Waals surface area contributed by atoms with Gasteiger partial charge in [0.2, 0.25) is 0 Å². The number of benzene rings is 1. The Morgan fingerprint density at radius 2 is 1.77 bits per heavy atom. The van der Waals surface area contributed by atoms with E-state index in [1.807, 2.05) is 18.3 Å². The summed E-state index contributed by atoms with van der Waals surface area (Å²) < 4.78 is 44.9. The summed E-state index contributed by atoms with van der Waals surface area (Å²) in [5, 5.41) is 0. The van der Waals surface area contributed by atoms with Crippen molar-refractivity contribution in [2.75, 3.05) is 6.61 Å². The Labute approximate surface area is 176 Å². The van der Waals surface area contributed by atoms with Crippen LogP contribution in [0, 0.1) is 6.92 Å². The lowest BCUT2D eigenvalue weighted by atomic mass is 9.66. The SMILES string of the molecule is [CH2]C(CC[C@]1(c2ccccn2)CCOC2(CCCC2)C1)c1ccc(C(F)(F)F)cc1. The number of rotatable bonds is 5. The second-order valence-corrected chi connectivity index (χ2v) is 9.02. The molecule has 2 heterocycles. The van der Waals surface area contributed by atoms with Crippen LogP contribution in [0.4, 0.5) is 13.2 Å². The van der Waals surface area contributed by atoms with E-state index in [0.717, 1.165) is 68.5 Å². The van der Waals surface area contributed by atoms with Crippen molar-refractivity contribution in [3.8, 4) is 0 Å². The fraction of sp³-hybridized carbons (Fsp3) is 0.520. The highest BCUT2D eigenvalue weighted by Crippen LogP contribution is 2.50. The first-order chi connectivity index (χ1) is 14.3. The Bertz CT molecular complexity index is 828. The number of halogens is 3. The van der Waals surface area contributed by atoms with Gasteiger partial charge in [-0.1, -0.05) is 31.0 Å². The van der Waals surface area contributed by atoms with E-state index in [2.05, 4.69) is 13.0 Å². The molecule has 1 aromatic heterocycles. The third-order valence-corrected chi connectivity index (χ3v) is 7.05. The van der Waals surface area contributed by atoms with Crippen LogP contribution in [0.25, 0.3) is 0 Å². The van der Waals surface area contributed by atoms with E-state index in [4.69, 9.17) is 9.72 Å². The summed E-state index contributed by atoms with van der Waals surface area (Å²) in [5.41, 5.74) is 1.24. The summed E-state index contributed by atoms with van der Waals surface area (Å²) in [6.07, 6.45) is 5.78. The van der Waals surface area contributed by atoms with Gasteiger partial charge in [0, 0.05) is 23.9 Å². The smallest absolute Gasteiger partial charge is 0.375 e. The van der Waals surface area contributed by atoms with Gasteiger partial charge in [0.15, 0.2) is 0 Å². The maximum Gasteiger partial charge on any atom is 0.416 e. The Morgan fingerprint density at radius 3 is 2.40 bits per heavy atom. The predicted molar refractivity (Wildman–Crippen MR) is 111 cm³/mol. The molecule has 1 aromatic carbocycles. The van der Waals surface area contributed by atoms with E-state index in [9.17, 15) is 13.2 Å². The molecular formula is C25H29F3NO. The largest absolute Gasteiger partial charge is 0.416 e. The molecule has 2 aromatic rings. The predicted octanol–water partition coefficient (Wildman–Crippen LogP) is 6.86. The molecule has 0 bridgehead atoms. The Balaban J connectivity index is 1.53. The van der Waals surface area contributed by atoms with Crippen LogP contribution >= 0.6 is 0 Å². The van der Waals surface area contributed by atoms with Crippen molar-refractivity contribution in [1.82, 2.24) is 4.98 Å². The number of ether oxygens (including phenoxy) is 1. The third kappa shape index (κ3) is 4.41. The fourth-order valence-electron chi connectivity index (χ4n) is 5.36. The number of hydrogen-bond acceptors (Lipinski definition) is 2. The van der Waals surface area contributed by atoms with Crippen molar-refractivity contribution in [2.45, 2.75) is 74.5 Å². The zero-order chi connectivity index (χ0) is 21.2. The molecule has 1 saturated heterocycles. The van der Waals surface area contributed by atoms with Crippen LogP contribution in [-0.4, -0.2) is 17.2 Å². The van der Waals surface area contributed by atoms with Crippen LogP contribution in [0.5, 0.6) is 0 Å². The van der Waals surface area contributed by atoms with E-state index in [-0.39, 0.29) is 16.9 Å². The van der Waals surface area contributed by atoms with Gasteiger partial charge in [-0.25, -0.2) is 0 Å². The van der Waals surface area contributed by atoms with E-state index < -0.39 is 11.7 Å². The second-order valence-electron chi connectivity index (χ2n) is 9.02. The molecule has 1 saturated carbocycles. The first-order valence-electron chi connectivity index (χ1n) is 10.9. The molecule has 30 heavy (non-hydrogen) atoms. The summed E-state index contributed by atoms with van der Waals surface area (Å²) in [6, 6.07) is 11.5. The van der Waals surface area contributed by atoms with Gasteiger partial charge in [0.25, 0.3) is 0 Å². The summed E-state index contributed by atoms with van der Waals surface area (Å²) in [5.74, 6) is -0.0600. The highest BCUT2D eigenvalue weighted by atomic mass is 19.4. The monoisotopic (exact) mass is 416 g/mol. The molecule has 1 unspecified atom stereocenters. The van der Waals surface area contributed by atoms with Crippen molar-refractivity contribution >= 4 is 0 Å². The van der Waals surface area contributed by atoms with Gasteiger partial charge in [-0.15, -0.1) is 0 Å². The molecule has 2 aliphatic rings. The minimum Gasteiger partial charge on any atom is -0.375 e. The van der Waals surface area contributed by atoms with E-state index in [0.29, 0.717) is 0 Å². The summed E-state index contributed by atoms with van der Waals surface area (Å²) in [4.78, 5) is 4.72. The standard InChI is InChI=1S/C25H29F3NO/c1-19(20-7-9-21(10-8-20)25(26,27)28)11-14-23(22-6-2-5-16-29-22)15-17-30-24(18-23)12-3-4-13-24/h2,5-10,16,19H,1,3-4,11-15,17-18H2/t19?,23-/m0/s1. The number of aromatic nitrogens is 1. The molecule has 1 spiro atoms. The normalized spacial score (nSPS) is 24.8. The van der Waals surface area contributed by atoms with Crippen molar-refractivity contribution in [2.24, 2.45) is 0 Å². The van der Waals surface area contributed by atoms with Crippen LogP contribution < -0.4 is 0 Å². The number of alkyl halides is 3. The Morgan fingerprint density at radius 1 is 1.03 bits per heavy atom. The van der Waals surface area contributed by atoms with Crippen LogP contribution in [0.3, 0.4) is 0 Å². The Kier molecular flexibility index (Phi) is 5.93. The lowest BCUT2D eigenvalue weighted by Crippen LogP contribution is -2.46. The molecule has 2 atom stereocenters. The molecule has 4 rings (SSSR count). The average Bonchev–Trinajstić information content (AvgIpc) is 3.19. The van der Waals surface area contributed by atoms with E-state index >= 15 is 0 Å². The molecule has 0 amide bonds. The number of hydrogen-bond donors (Lipinski definition) is 0. The topological polar surface area (TPSA) is 22.1 Å². The maximum atomic E-state index is 12.9. The minimum absolute atomic E-state index is 0.0409. The highest BCUT2D eigenvalue weighted by Gasteiger charge is 2.48. The Hall–Kier alpha value is -1.88. The summed E-state index contributed by atoms with van der Waals surface area (Å²) in [7, 11) is 0. The molecule has 2 fully saturated rings. The van der Waals surface area contributed by atoms with Crippen LogP contribution in [-0.2, 0) is 16.3 Å². The minimum atomic E-state index is -4.31. The van der Waals surface area contributed by atoms with Gasteiger partial charge < -0.3 is 4.74 Å². The fourth-order valence-corrected chi connectivity index (χ4v) is 5.36. The van der Waals surface area contributed by atoms with Crippen LogP contribution in [0.1, 0.15) is 74.1 Å². The van der Waals surface area contributed by atoms with Crippen molar-refractivity contribution in [3.05, 3.63) is 72.4 Å². The lowest BCUT2D eigenvalue weighted by Gasteiger charge is -2.47. The quantitative estimate of drug-likeness (QED) is 0.531. The molecule has 1 radical (unpaired) electrons. The van der Waals surface area contributed by atoms with Crippen LogP contribution in [0.2, 0.25) is 0 Å². The summed E-state index contributed by atoms with van der Waals surface area (Å²) in [6.45, 7) is 5.00. The number of pyridine rings is 1. The van der Waals surface area contributed by atoms with Crippen molar-refractivity contribution in [1.29, 1.82) is 0 Å². The molecule has 1 aliphatic carbocycles. The molecule has 161 valence electrons. The van der Waals surface area contributed by atoms with Gasteiger partial charge in [-0.2, -0.15) is 13.2 Å². The lowest BCUT2D eigenvalue weighted by molar-refractivity contribution is -0.137. The highest BCUT2D eigenvalue weighted by molar-refractivity contribution is 5.28. The third-order valence-electron chi connectivity index (χ3n) is 7.05.